The van der Waals surface area contributed by atoms with Gasteiger partial charge in [-0.25, -0.2) is 4.21 Å². The van der Waals surface area contributed by atoms with Crippen LogP contribution in [0, 0.1) is 11.8 Å². The van der Waals surface area contributed by atoms with E-state index in [1.165, 1.54) is 24.7 Å². The van der Waals surface area contributed by atoms with E-state index in [1.807, 2.05) is 0 Å². The van der Waals surface area contributed by atoms with Gasteiger partial charge in [-0.15, -0.1) is 0 Å². The summed E-state index contributed by atoms with van der Waals surface area (Å²) < 4.78 is 21.4. The summed E-state index contributed by atoms with van der Waals surface area (Å²) in [5, 5.41) is 0.432. The number of methoxy groups -OCH3 is 1. The van der Waals surface area contributed by atoms with Crippen LogP contribution >= 0.6 is 11.6 Å². The molecule has 0 saturated carbocycles. The Bertz CT molecular complexity index is 938. The Balaban J connectivity index is 2.34. The van der Waals surface area contributed by atoms with Crippen molar-refractivity contribution in [1.29, 1.82) is 0 Å². The Hall–Kier alpha value is -2.20. The summed E-state index contributed by atoms with van der Waals surface area (Å²) in [7, 11) is -1.37. The molecule has 1 aromatic carbocycles. The highest BCUT2D eigenvalue weighted by Crippen LogP contribution is 2.18. The zero-order chi connectivity index (χ0) is 17.6. The predicted molar refractivity (Wildman–Crippen MR) is 93.5 cm³/mol. The van der Waals surface area contributed by atoms with Crippen LogP contribution in [0.3, 0.4) is 0 Å². The normalized spacial score (nSPS) is 12.6. The number of nitrogens with zero attached hydrogens (tertiary/aromatic N) is 2. The van der Waals surface area contributed by atoms with Crippen molar-refractivity contribution in [3.63, 3.8) is 0 Å². The van der Waals surface area contributed by atoms with Gasteiger partial charge in [0.2, 0.25) is 0 Å². The van der Waals surface area contributed by atoms with Crippen molar-refractivity contribution in [2.45, 2.75) is 4.90 Å². The zero-order valence-corrected chi connectivity index (χ0v) is 14.7. The molecule has 1 atom stereocenters. The zero-order valence-electron chi connectivity index (χ0n) is 13.2. The van der Waals surface area contributed by atoms with Crippen molar-refractivity contribution in [3.05, 3.63) is 58.9 Å². The second kappa shape index (κ2) is 8.06. The van der Waals surface area contributed by atoms with Crippen LogP contribution in [0.15, 0.2) is 52.0 Å². The molecule has 1 heterocycles. The molecule has 1 amide bonds. The summed E-state index contributed by atoms with van der Waals surface area (Å²) in [6.07, 6.45) is 4.28. The predicted octanol–water partition coefficient (Wildman–Crippen LogP) is 3.03. The molecule has 0 aliphatic heterocycles. The van der Waals surface area contributed by atoms with Gasteiger partial charge in [0.1, 0.15) is 6.61 Å². The molecule has 5 nitrogen and oxygen atoms in total. The SMILES string of the molecule is COCC#Cc1cncc(C(=O)N=S(C)(=O)c2cccc(Cl)c2)c1. The first-order valence-electron chi connectivity index (χ1n) is 6.87. The lowest BCUT2D eigenvalue weighted by molar-refractivity contribution is 0.100. The largest absolute Gasteiger partial charge is 0.372 e. The van der Waals surface area contributed by atoms with Gasteiger partial charge in [-0.05, 0) is 24.3 Å². The van der Waals surface area contributed by atoms with Crippen LogP contribution in [0.25, 0.3) is 0 Å². The first-order chi connectivity index (χ1) is 11.4. The molecular formula is C17H15ClN2O3S. The first kappa shape index (κ1) is 18.1. The molecule has 2 aromatic rings. The summed E-state index contributed by atoms with van der Waals surface area (Å²) in [6, 6.07) is 8.03. The second-order valence-electron chi connectivity index (χ2n) is 4.85. The number of benzene rings is 1. The van der Waals surface area contributed by atoms with Crippen LogP contribution in [0.1, 0.15) is 15.9 Å². The average molecular weight is 363 g/mol. The Morgan fingerprint density at radius 1 is 1.38 bits per heavy atom. The number of ether oxygens (including phenoxy) is 1. The van der Waals surface area contributed by atoms with Gasteiger partial charge in [0, 0.05) is 41.2 Å². The van der Waals surface area contributed by atoms with Gasteiger partial charge in [0.05, 0.1) is 15.3 Å². The number of pyridine rings is 1. The molecule has 0 saturated heterocycles. The molecule has 0 bridgehead atoms. The maximum Gasteiger partial charge on any atom is 0.286 e. The molecule has 0 fully saturated rings. The highest BCUT2D eigenvalue weighted by atomic mass is 35.5. The molecule has 1 aromatic heterocycles. The van der Waals surface area contributed by atoms with E-state index >= 15 is 0 Å². The number of hydrogen-bond acceptors (Lipinski definition) is 4. The minimum absolute atomic E-state index is 0.218. The minimum Gasteiger partial charge on any atom is -0.372 e. The van der Waals surface area contributed by atoms with Crippen LogP contribution in [-0.2, 0) is 14.5 Å². The van der Waals surface area contributed by atoms with E-state index in [0.717, 1.165) is 0 Å². The quantitative estimate of drug-likeness (QED) is 0.787. The van der Waals surface area contributed by atoms with Crippen LogP contribution in [0.4, 0.5) is 0 Å². The van der Waals surface area contributed by atoms with E-state index in [0.29, 0.717) is 15.5 Å². The first-order valence-corrected chi connectivity index (χ1v) is 9.17. The van der Waals surface area contributed by atoms with Gasteiger partial charge in [-0.3, -0.25) is 9.78 Å². The summed E-state index contributed by atoms with van der Waals surface area (Å²) in [4.78, 5) is 16.7. The highest BCUT2D eigenvalue weighted by Gasteiger charge is 2.12. The van der Waals surface area contributed by atoms with E-state index in [1.54, 1.807) is 31.4 Å². The molecule has 2 rings (SSSR count). The highest BCUT2D eigenvalue weighted by molar-refractivity contribution is 7.93. The Kier molecular flexibility index (Phi) is 6.10. The van der Waals surface area contributed by atoms with E-state index in [9.17, 15) is 9.00 Å². The average Bonchev–Trinajstić information content (AvgIpc) is 2.55. The molecule has 1 unspecified atom stereocenters. The molecular weight excluding hydrogens is 348 g/mol. The summed E-state index contributed by atoms with van der Waals surface area (Å²) >= 11 is 5.90. The number of amides is 1. The monoisotopic (exact) mass is 362 g/mol. The third-order valence-corrected chi connectivity index (χ3v) is 4.80. The van der Waals surface area contributed by atoms with E-state index in [2.05, 4.69) is 21.2 Å². The van der Waals surface area contributed by atoms with Crippen molar-refractivity contribution in [2.75, 3.05) is 20.0 Å². The van der Waals surface area contributed by atoms with Crippen molar-refractivity contribution in [3.8, 4) is 11.8 Å². The van der Waals surface area contributed by atoms with Crippen LogP contribution in [-0.4, -0.2) is 35.1 Å². The number of carbonyl (C=O) groups is 1. The molecule has 124 valence electrons. The van der Waals surface area contributed by atoms with Crippen molar-refractivity contribution >= 4 is 27.2 Å². The molecule has 0 aliphatic rings. The van der Waals surface area contributed by atoms with Crippen molar-refractivity contribution < 1.29 is 13.7 Å². The van der Waals surface area contributed by atoms with Gasteiger partial charge in [-0.1, -0.05) is 29.5 Å². The lowest BCUT2D eigenvalue weighted by atomic mass is 10.2. The number of halogens is 1. The van der Waals surface area contributed by atoms with Crippen LogP contribution < -0.4 is 0 Å². The number of aromatic nitrogens is 1. The standard InChI is InChI=1S/C17H15ClN2O3S/c1-23-8-4-5-13-9-14(12-19-11-13)17(21)20-24(2,22)16-7-3-6-15(18)10-16/h3,6-7,9-12H,8H2,1-2H3. The van der Waals surface area contributed by atoms with Crippen molar-refractivity contribution in [2.24, 2.45) is 4.36 Å². The topological polar surface area (TPSA) is 68.6 Å². The van der Waals surface area contributed by atoms with E-state index in [4.69, 9.17) is 16.3 Å². The maximum absolute atomic E-state index is 12.7. The molecule has 24 heavy (non-hydrogen) atoms. The summed E-state index contributed by atoms with van der Waals surface area (Å²) in [5.41, 5.74) is 0.772. The molecule has 0 spiro atoms. The van der Waals surface area contributed by atoms with Gasteiger partial charge in [0.15, 0.2) is 0 Å². The molecule has 0 aliphatic carbocycles. The number of hydrogen-bond donors (Lipinski definition) is 0. The molecule has 0 N–H and O–H groups in total. The maximum atomic E-state index is 12.7. The number of rotatable bonds is 3. The Morgan fingerprint density at radius 3 is 2.88 bits per heavy atom. The summed E-state index contributed by atoms with van der Waals surface area (Å²) in [5.74, 6) is 4.98. The minimum atomic E-state index is -2.91. The third-order valence-electron chi connectivity index (χ3n) is 2.92. The fourth-order valence-corrected chi connectivity index (χ4v) is 3.26. The number of carbonyl (C=O) groups excluding carboxylic acids is 1. The van der Waals surface area contributed by atoms with Crippen molar-refractivity contribution in [1.82, 2.24) is 4.98 Å². The van der Waals surface area contributed by atoms with E-state index < -0.39 is 15.6 Å². The Labute approximate surface area is 146 Å². The van der Waals surface area contributed by atoms with Gasteiger partial charge >= 0.3 is 0 Å². The lowest BCUT2D eigenvalue weighted by Crippen LogP contribution is -2.04. The lowest BCUT2D eigenvalue weighted by Gasteiger charge is -2.04. The van der Waals surface area contributed by atoms with Crippen LogP contribution in [0.5, 0.6) is 0 Å². The van der Waals surface area contributed by atoms with E-state index in [-0.39, 0.29) is 12.2 Å². The van der Waals surface area contributed by atoms with Gasteiger partial charge < -0.3 is 4.74 Å². The fourth-order valence-electron chi connectivity index (χ4n) is 1.80. The fraction of sp³-hybridized carbons (Fsp3) is 0.176. The van der Waals surface area contributed by atoms with Crippen LogP contribution in [0.2, 0.25) is 5.02 Å². The molecule has 7 heteroatoms. The smallest absolute Gasteiger partial charge is 0.286 e. The molecule has 0 radical (unpaired) electrons. The third kappa shape index (κ3) is 4.90. The second-order valence-corrected chi connectivity index (χ2v) is 7.55. The summed E-state index contributed by atoms with van der Waals surface area (Å²) in [6.45, 7) is 0.278. The van der Waals surface area contributed by atoms with Gasteiger partial charge in [0.25, 0.3) is 5.91 Å². The van der Waals surface area contributed by atoms with Gasteiger partial charge in [-0.2, -0.15) is 4.36 Å². The Morgan fingerprint density at radius 2 is 2.17 bits per heavy atom.